The van der Waals surface area contributed by atoms with E-state index in [-0.39, 0.29) is 0 Å². The van der Waals surface area contributed by atoms with E-state index < -0.39 is 0 Å². The van der Waals surface area contributed by atoms with Gasteiger partial charge in [0.25, 0.3) is 0 Å². The van der Waals surface area contributed by atoms with Crippen molar-refractivity contribution in [1.82, 2.24) is 0 Å². The second kappa shape index (κ2) is 7.65. The molecule has 0 atom stereocenters. The van der Waals surface area contributed by atoms with Crippen LogP contribution in [0, 0.1) is 29.1 Å². The lowest BCUT2D eigenvalue weighted by atomic mass is 9.59. The minimum absolute atomic E-state index is 0.554. The van der Waals surface area contributed by atoms with Crippen molar-refractivity contribution in [2.24, 2.45) is 29.1 Å². The fourth-order valence-electron chi connectivity index (χ4n) is 5.09. The molecule has 0 heterocycles. The third-order valence-electron chi connectivity index (χ3n) is 6.80. The van der Waals surface area contributed by atoms with Gasteiger partial charge in [-0.1, -0.05) is 26.0 Å². The normalized spacial score (nSPS) is 34.4. The van der Waals surface area contributed by atoms with E-state index in [1.807, 2.05) is 0 Å². The molecule has 2 saturated carbocycles. The number of rotatable bonds is 6. The zero-order valence-electron chi connectivity index (χ0n) is 14.4. The number of hydrogen-bond donors (Lipinski definition) is 0. The van der Waals surface area contributed by atoms with Crippen LogP contribution in [0.4, 0.5) is 0 Å². The monoisotopic (exact) mass is 288 g/mol. The molecule has 120 valence electrons. The molecular weight excluding hydrogens is 252 g/mol. The predicted octanol–water partition coefficient (Wildman–Crippen LogP) is 6.78. The summed E-state index contributed by atoms with van der Waals surface area (Å²) >= 11 is 0. The maximum Gasteiger partial charge on any atom is -0.0298 e. The quantitative estimate of drug-likeness (QED) is 0.473. The molecule has 2 fully saturated rings. The van der Waals surface area contributed by atoms with Crippen molar-refractivity contribution >= 4 is 0 Å². The second-order valence-electron chi connectivity index (χ2n) is 8.31. The largest absolute Gasteiger partial charge is 0.103 e. The Morgan fingerprint density at radius 3 is 1.33 bits per heavy atom. The molecule has 0 saturated heterocycles. The van der Waals surface area contributed by atoms with Gasteiger partial charge in [0.1, 0.15) is 0 Å². The van der Waals surface area contributed by atoms with E-state index in [0.29, 0.717) is 5.41 Å². The summed E-state index contributed by atoms with van der Waals surface area (Å²) in [6, 6.07) is 0. The molecule has 0 aromatic carbocycles. The Labute approximate surface area is 133 Å². The molecular formula is C21H36. The van der Waals surface area contributed by atoms with Crippen LogP contribution in [-0.2, 0) is 0 Å². The lowest BCUT2D eigenvalue weighted by molar-refractivity contribution is 0.0393. The Morgan fingerprint density at radius 1 is 0.714 bits per heavy atom. The molecule has 21 heavy (non-hydrogen) atoms. The van der Waals surface area contributed by atoms with Gasteiger partial charge in [-0.05, 0) is 93.3 Å². The van der Waals surface area contributed by atoms with Gasteiger partial charge in [0.05, 0.1) is 0 Å². The Balaban J connectivity index is 1.84. The van der Waals surface area contributed by atoms with Gasteiger partial charge in [0.15, 0.2) is 0 Å². The van der Waals surface area contributed by atoms with Crippen molar-refractivity contribution in [3.05, 3.63) is 25.3 Å². The van der Waals surface area contributed by atoms with Gasteiger partial charge in [-0.2, -0.15) is 0 Å². The fraction of sp³-hybridized carbons (Fsp3) is 0.810. The van der Waals surface area contributed by atoms with E-state index in [9.17, 15) is 0 Å². The highest BCUT2D eigenvalue weighted by atomic mass is 14.4. The highest BCUT2D eigenvalue weighted by Gasteiger charge is 2.40. The summed E-state index contributed by atoms with van der Waals surface area (Å²) in [5, 5.41) is 0. The Morgan fingerprint density at radius 2 is 1.05 bits per heavy atom. The van der Waals surface area contributed by atoms with Crippen LogP contribution in [0.3, 0.4) is 0 Å². The first kappa shape index (κ1) is 16.8. The Bertz CT molecular complexity index is 290. The van der Waals surface area contributed by atoms with Crippen molar-refractivity contribution in [2.45, 2.75) is 78.1 Å². The molecule has 2 aliphatic carbocycles. The summed E-state index contributed by atoms with van der Waals surface area (Å²) < 4.78 is 0. The van der Waals surface area contributed by atoms with Crippen LogP contribution in [0.1, 0.15) is 78.1 Å². The smallest absolute Gasteiger partial charge is 0.0298 e. The zero-order chi connectivity index (χ0) is 15.3. The highest BCUT2D eigenvalue weighted by molar-refractivity contribution is 4.92. The molecule has 0 unspecified atom stereocenters. The SMILES string of the molecule is C=CCC1CCC(C(C)(C)C2CCC(CC=C)CC2)CC1. The lowest BCUT2D eigenvalue weighted by Crippen LogP contribution is -2.37. The highest BCUT2D eigenvalue weighted by Crippen LogP contribution is 2.50. The third kappa shape index (κ3) is 4.24. The summed E-state index contributed by atoms with van der Waals surface area (Å²) in [5.41, 5.74) is 0.554. The van der Waals surface area contributed by atoms with Gasteiger partial charge in [0.2, 0.25) is 0 Å². The molecule has 0 spiro atoms. The first-order valence-electron chi connectivity index (χ1n) is 9.29. The van der Waals surface area contributed by atoms with Crippen LogP contribution in [0.5, 0.6) is 0 Å². The summed E-state index contributed by atoms with van der Waals surface area (Å²) in [5.74, 6) is 3.77. The van der Waals surface area contributed by atoms with Crippen molar-refractivity contribution in [3.63, 3.8) is 0 Å². The van der Waals surface area contributed by atoms with Crippen molar-refractivity contribution in [1.29, 1.82) is 0 Å². The summed E-state index contributed by atoms with van der Waals surface area (Å²) in [6.45, 7) is 13.0. The summed E-state index contributed by atoms with van der Waals surface area (Å²) in [6.07, 6.45) is 18.3. The minimum Gasteiger partial charge on any atom is -0.103 e. The molecule has 0 aromatic rings. The maximum atomic E-state index is 3.91. The van der Waals surface area contributed by atoms with Gasteiger partial charge in [0, 0.05) is 0 Å². The number of allylic oxidation sites excluding steroid dienone is 2. The van der Waals surface area contributed by atoms with E-state index in [4.69, 9.17) is 0 Å². The molecule has 0 N–H and O–H groups in total. The van der Waals surface area contributed by atoms with Crippen molar-refractivity contribution in [2.75, 3.05) is 0 Å². The van der Waals surface area contributed by atoms with Crippen LogP contribution >= 0.6 is 0 Å². The third-order valence-corrected chi connectivity index (χ3v) is 6.80. The molecule has 0 amide bonds. The fourth-order valence-corrected chi connectivity index (χ4v) is 5.09. The number of hydrogen-bond acceptors (Lipinski definition) is 0. The Kier molecular flexibility index (Phi) is 6.14. The average Bonchev–Trinajstić information content (AvgIpc) is 2.49. The maximum absolute atomic E-state index is 3.91. The van der Waals surface area contributed by atoms with E-state index in [1.54, 1.807) is 0 Å². The molecule has 0 radical (unpaired) electrons. The second-order valence-corrected chi connectivity index (χ2v) is 8.31. The van der Waals surface area contributed by atoms with Crippen LogP contribution < -0.4 is 0 Å². The van der Waals surface area contributed by atoms with E-state index in [1.165, 1.54) is 64.2 Å². The molecule has 0 bridgehead atoms. The van der Waals surface area contributed by atoms with Crippen LogP contribution in [0.2, 0.25) is 0 Å². The van der Waals surface area contributed by atoms with Gasteiger partial charge in [-0.25, -0.2) is 0 Å². The summed E-state index contributed by atoms with van der Waals surface area (Å²) in [7, 11) is 0. The Hall–Kier alpha value is -0.520. The lowest BCUT2D eigenvalue weighted by Gasteiger charge is -2.46. The molecule has 0 nitrogen and oxygen atoms in total. The summed E-state index contributed by atoms with van der Waals surface area (Å²) in [4.78, 5) is 0. The van der Waals surface area contributed by atoms with Gasteiger partial charge >= 0.3 is 0 Å². The minimum atomic E-state index is 0.554. The van der Waals surface area contributed by atoms with Crippen LogP contribution in [-0.4, -0.2) is 0 Å². The van der Waals surface area contributed by atoms with Gasteiger partial charge in [-0.3, -0.25) is 0 Å². The van der Waals surface area contributed by atoms with Gasteiger partial charge < -0.3 is 0 Å². The standard InChI is InChI=1S/C21H36/c1-5-7-17-9-13-19(14-10-17)21(3,4)20-15-11-18(8-6-2)12-16-20/h5-6,17-20H,1-2,7-16H2,3-4H3. The molecule has 0 aliphatic heterocycles. The van der Waals surface area contributed by atoms with E-state index in [2.05, 4.69) is 39.2 Å². The van der Waals surface area contributed by atoms with Crippen molar-refractivity contribution in [3.8, 4) is 0 Å². The topological polar surface area (TPSA) is 0 Å². The first-order valence-corrected chi connectivity index (χ1v) is 9.29. The van der Waals surface area contributed by atoms with E-state index >= 15 is 0 Å². The molecule has 0 aromatic heterocycles. The average molecular weight is 289 g/mol. The van der Waals surface area contributed by atoms with Crippen LogP contribution in [0.15, 0.2) is 25.3 Å². The van der Waals surface area contributed by atoms with Gasteiger partial charge in [-0.15, -0.1) is 13.2 Å². The first-order chi connectivity index (χ1) is 10.1. The zero-order valence-corrected chi connectivity index (χ0v) is 14.4. The molecule has 2 rings (SSSR count). The van der Waals surface area contributed by atoms with Crippen LogP contribution in [0.25, 0.3) is 0 Å². The van der Waals surface area contributed by atoms with E-state index in [0.717, 1.165) is 23.7 Å². The molecule has 0 heteroatoms. The molecule has 2 aliphatic rings. The van der Waals surface area contributed by atoms with Crippen molar-refractivity contribution < 1.29 is 0 Å². The predicted molar refractivity (Wildman–Crippen MR) is 94.3 cm³/mol.